The molecule has 86 valence electrons. The monoisotopic (exact) mass is 266 g/mol. The Morgan fingerprint density at radius 2 is 2.47 bits per heavy atom. The highest BCUT2D eigenvalue weighted by atomic mass is 35.5. The maximum atomic E-state index is 6.06. The second-order valence-corrected chi connectivity index (χ2v) is 5.19. The summed E-state index contributed by atoms with van der Waals surface area (Å²) in [5, 5.41) is 6.41. The molecule has 1 saturated heterocycles. The Morgan fingerprint density at radius 3 is 3.07 bits per heavy atom. The number of nitrogens with one attached hydrogen (secondary N) is 1. The fourth-order valence-corrected chi connectivity index (χ4v) is 2.93. The van der Waals surface area contributed by atoms with Crippen LogP contribution in [0.2, 0.25) is 5.02 Å². The van der Waals surface area contributed by atoms with Crippen molar-refractivity contribution in [2.75, 3.05) is 19.6 Å². The molecule has 0 bridgehead atoms. The van der Waals surface area contributed by atoms with E-state index in [2.05, 4.69) is 22.5 Å². The minimum absolute atomic E-state index is 0. The molecular weight excluding hydrogens is 251 g/mol. The maximum Gasteiger partial charge on any atom is 0.0558 e. The van der Waals surface area contributed by atoms with Crippen LogP contribution in [0.3, 0.4) is 0 Å². The van der Waals surface area contributed by atoms with Gasteiger partial charge in [0.15, 0.2) is 0 Å². The van der Waals surface area contributed by atoms with E-state index >= 15 is 0 Å². The molecule has 1 N–H and O–H groups in total. The summed E-state index contributed by atoms with van der Waals surface area (Å²) >= 11 is 7.81. The molecule has 0 radical (unpaired) electrons. The van der Waals surface area contributed by atoms with E-state index in [1.54, 1.807) is 11.3 Å². The van der Waals surface area contributed by atoms with E-state index in [1.165, 1.54) is 4.88 Å². The smallest absolute Gasteiger partial charge is 0.0558 e. The van der Waals surface area contributed by atoms with Gasteiger partial charge in [-0.2, -0.15) is 0 Å². The Kier molecular flexibility index (Phi) is 5.36. The largest absolute Gasteiger partial charge is 0.312 e. The number of nitrogens with zero attached hydrogens (tertiary/aromatic N) is 1. The van der Waals surface area contributed by atoms with Crippen molar-refractivity contribution in [1.29, 1.82) is 0 Å². The standard InChI is InChI=1S/C10H15ClN2S.ClH/c1-8-6-13(4-3-12-8)7-10-9(11)2-5-14-10;/h2,5,8,12H,3-4,6-7H2,1H3;1H. The fraction of sp³-hybridized carbons (Fsp3) is 0.600. The van der Waals surface area contributed by atoms with Crippen molar-refractivity contribution in [3.63, 3.8) is 0 Å². The molecule has 1 atom stereocenters. The van der Waals surface area contributed by atoms with Crippen LogP contribution in [0, 0.1) is 0 Å². The molecule has 1 fully saturated rings. The van der Waals surface area contributed by atoms with E-state index in [0.717, 1.165) is 31.2 Å². The fourth-order valence-electron chi connectivity index (χ4n) is 1.80. The Morgan fingerprint density at radius 1 is 1.67 bits per heavy atom. The van der Waals surface area contributed by atoms with Gasteiger partial charge in [-0.25, -0.2) is 0 Å². The Labute approximate surface area is 106 Å². The number of halogens is 2. The van der Waals surface area contributed by atoms with Crippen molar-refractivity contribution in [2.24, 2.45) is 0 Å². The third-order valence-corrected chi connectivity index (χ3v) is 3.88. The third kappa shape index (κ3) is 3.61. The zero-order chi connectivity index (χ0) is 9.97. The molecule has 2 heterocycles. The van der Waals surface area contributed by atoms with Gasteiger partial charge in [0.05, 0.1) is 5.02 Å². The lowest BCUT2D eigenvalue weighted by molar-refractivity contribution is 0.201. The summed E-state index contributed by atoms with van der Waals surface area (Å²) in [5.41, 5.74) is 0. The summed E-state index contributed by atoms with van der Waals surface area (Å²) in [4.78, 5) is 3.75. The molecule has 1 aliphatic heterocycles. The molecule has 5 heteroatoms. The van der Waals surface area contributed by atoms with Crippen LogP contribution in [-0.2, 0) is 6.54 Å². The second-order valence-electron chi connectivity index (χ2n) is 3.78. The van der Waals surface area contributed by atoms with E-state index in [4.69, 9.17) is 11.6 Å². The molecule has 2 nitrogen and oxygen atoms in total. The van der Waals surface area contributed by atoms with Gasteiger partial charge < -0.3 is 5.32 Å². The summed E-state index contributed by atoms with van der Waals surface area (Å²) < 4.78 is 0. The first kappa shape index (κ1) is 13.3. The van der Waals surface area contributed by atoms with Crippen molar-refractivity contribution in [1.82, 2.24) is 10.2 Å². The number of hydrogen-bond acceptors (Lipinski definition) is 3. The molecule has 1 unspecified atom stereocenters. The molecule has 0 aromatic carbocycles. The maximum absolute atomic E-state index is 6.06. The van der Waals surface area contributed by atoms with Gasteiger partial charge in [-0.15, -0.1) is 23.7 Å². The van der Waals surface area contributed by atoms with E-state index in [1.807, 2.05) is 6.07 Å². The Hall–Kier alpha value is 0.200. The third-order valence-electron chi connectivity index (χ3n) is 2.51. The molecule has 15 heavy (non-hydrogen) atoms. The van der Waals surface area contributed by atoms with Crippen LogP contribution >= 0.6 is 35.3 Å². The predicted molar refractivity (Wildman–Crippen MR) is 69.3 cm³/mol. The van der Waals surface area contributed by atoms with Gasteiger partial charge in [-0.05, 0) is 18.4 Å². The van der Waals surface area contributed by atoms with Gasteiger partial charge in [-0.1, -0.05) is 11.6 Å². The average molecular weight is 267 g/mol. The molecule has 0 aliphatic carbocycles. The quantitative estimate of drug-likeness (QED) is 0.886. The molecular formula is C10H16Cl2N2S. The first-order chi connectivity index (χ1) is 6.75. The normalized spacial score (nSPS) is 22.4. The van der Waals surface area contributed by atoms with Crippen LogP contribution in [0.25, 0.3) is 0 Å². The van der Waals surface area contributed by atoms with Crippen molar-refractivity contribution in [3.05, 3.63) is 21.3 Å². The summed E-state index contributed by atoms with van der Waals surface area (Å²) in [6.07, 6.45) is 0. The molecule has 1 aromatic heterocycles. The number of piperazine rings is 1. The second kappa shape index (κ2) is 6.06. The van der Waals surface area contributed by atoms with Gasteiger partial charge in [0.25, 0.3) is 0 Å². The predicted octanol–water partition coefficient (Wildman–Crippen LogP) is 2.62. The van der Waals surface area contributed by atoms with Crippen molar-refractivity contribution in [2.45, 2.75) is 19.5 Å². The molecule has 0 saturated carbocycles. The van der Waals surface area contributed by atoms with Crippen molar-refractivity contribution >= 4 is 35.3 Å². The first-order valence-corrected chi connectivity index (χ1v) is 6.19. The molecule has 0 amide bonds. The lowest BCUT2D eigenvalue weighted by atomic mass is 10.2. The van der Waals surface area contributed by atoms with E-state index in [9.17, 15) is 0 Å². The first-order valence-electron chi connectivity index (χ1n) is 4.93. The minimum atomic E-state index is 0. The summed E-state index contributed by atoms with van der Waals surface area (Å²) in [5.74, 6) is 0. The van der Waals surface area contributed by atoms with Gasteiger partial charge in [0.1, 0.15) is 0 Å². The van der Waals surface area contributed by atoms with E-state index in [-0.39, 0.29) is 12.4 Å². The zero-order valence-corrected chi connectivity index (χ0v) is 11.1. The van der Waals surface area contributed by atoms with Crippen molar-refractivity contribution in [3.8, 4) is 0 Å². The highest BCUT2D eigenvalue weighted by Gasteiger charge is 2.16. The molecule has 0 spiro atoms. The van der Waals surface area contributed by atoms with Gasteiger partial charge in [0, 0.05) is 37.1 Å². The minimum Gasteiger partial charge on any atom is -0.312 e. The topological polar surface area (TPSA) is 15.3 Å². The lowest BCUT2D eigenvalue weighted by Gasteiger charge is -2.31. The van der Waals surface area contributed by atoms with Crippen molar-refractivity contribution < 1.29 is 0 Å². The molecule has 1 aromatic rings. The zero-order valence-electron chi connectivity index (χ0n) is 8.70. The number of hydrogen-bond donors (Lipinski definition) is 1. The highest BCUT2D eigenvalue weighted by molar-refractivity contribution is 7.10. The van der Waals surface area contributed by atoms with Crippen LogP contribution in [0.4, 0.5) is 0 Å². The number of thiophene rings is 1. The van der Waals surface area contributed by atoms with Gasteiger partial charge >= 0.3 is 0 Å². The summed E-state index contributed by atoms with van der Waals surface area (Å²) in [6.45, 7) is 6.56. The Bertz CT molecular complexity index is 303. The SMILES string of the molecule is CC1CN(Cc2sccc2Cl)CCN1.Cl. The number of rotatable bonds is 2. The lowest BCUT2D eigenvalue weighted by Crippen LogP contribution is -2.48. The van der Waals surface area contributed by atoms with E-state index < -0.39 is 0 Å². The molecule has 2 rings (SSSR count). The van der Waals surface area contributed by atoms with Crippen LogP contribution < -0.4 is 5.32 Å². The van der Waals surface area contributed by atoms with Crippen LogP contribution in [0.5, 0.6) is 0 Å². The van der Waals surface area contributed by atoms with Gasteiger partial charge in [0.2, 0.25) is 0 Å². The Balaban J connectivity index is 0.00000112. The molecule has 1 aliphatic rings. The highest BCUT2D eigenvalue weighted by Crippen LogP contribution is 2.23. The summed E-state index contributed by atoms with van der Waals surface area (Å²) in [6, 6.07) is 2.58. The summed E-state index contributed by atoms with van der Waals surface area (Å²) in [7, 11) is 0. The van der Waals surface area contributed by atoms with Crippen LogP contribution in [0.15, 0.2) is 11.4 Å². The average Bonchev–Trinajstić information content (AvgIpc) is 2.52. The van der Waals surface area contributed by atoms with Crippen LogP contribution in [0.1, 0.15) is 11.8 Å². The van der Waals surface area contributed by atoms with Crippen LogP contribution in [-0.4, -0.2) is 30.6 Å². The van der Waals surface area contributed by atoms with E-state index in [0.29, 0.717) is 6.04 Å². The van der Waals surface area contributed by atoms with Gasteiger partial charge in [-0.3, -0.25) is 4.90 Å².